The van der Waals surface area contributed by atoms with Gasteiger partial charge in [-0.1, -0.05) is 66.7 Å². The van der Waals surface area contributed by atoms with Gasteiger partial charge in [-0.2, -0.15) is 13.2 Å². The topological polar surface area (TPSA) is 12.0 Å². The first-order valence-electron chi connectivity index (χ1n) is 8.05. The van der Waals surface area contributed by atoms with Crippen LogP contribution in [0.4, 0.5) is 13.2 Å². The van der Waals surface area contributed by atoms with E-state index in [0.29, 0.717) is 18.7 Å². The molecule has 3 aromatic carbocycles. The quantitative estimate of drug-likeness (QED) is 0.590. The van der Waals surface area contributed by atoms with Crippen molar-refractivity contribution < 1.29 is 13.2 Å². The fraction of sp³-hybridized carbons (Fsp3) is 0.143. The first-order valence-corrected chi connectivity index (χ1v) is 8.05. The Bertz CT molecular complexity index is 876. The van der Waals surface area contributed by atoms with Crippen molar-refractivity contribution in [3.8, 4) is 0 Å². The zero-order valence-corrected chi connectivity index (χ0v) is 13.6. The number of benzene rings is 3. The smallest absolute Gasteiger partial charge is 0.309 e. The molecule has 128 valence electrons. The van der Waals surface area contributed by atoms with Crippen molar-refractivity contribution >= 4 is 16.8 Å². The Labute approximate surface area is 144 Å². The summed E-state index contributed by atoms with van der Waals surface area (Å²) in [4.78, 5) is 0. The predicted molar refractivity (Wildman–Crippen MR) is 96.1 cm³/mol. The normalized spacial score (nSPS) is 12.1. The standard InChI is InChI=1S/C21H18F3N/c22-21(23,24)19-11-3-6-16(14-19)7-5-13-25-15-18-10-4-9-17-8-1-2-12-20(17)18/h1-12,14,25H,13,15H2. The van der Waals surface area contributed by atoms with Gasteiger partial charge in [0.2, 0.25) is 0 Å². The van der Waals surface area contributed by atoms with Crippen LogP contribution in [-0.2, 0) is 12.7 Å². The van der Waals surface area contributed by atoms with Crippen LogP contribution in [0.1, 0.15) is 16.7 Å². The highest BCUT2D eigenvalue weighted by Gasteiger charge is 2.30. The van der Waals surface area contributed by atoms with Crippen LogP contribution in [0.5, 0.6) is 0 Å². The lowest BCUT2D eigenvalue weighted by Gasteiger charge is -2.07. The van der Waals surface area contributed by atoms with Gasteiger partial charge in [0.25, 0.3) is 0 Å². The van der Waals surface area contributed by atoms with Gasteiger partial charge in [0.1, 0.15) is 0 Å². The third-order valence-corrected chi connectivity index (χ3v) is 3.98. The summed E-state index contributed by atoms with van der Waals surface area (Å²) in [7, 11) is 0. The van der Waals surface area contributed by atoms with Crippen LogP contribution >= 0.6 is 0 Å². The zero-order chi connectivity index (χ0) is 17.7. The van der Waals surface area contributed by atoms with Crippen LogP contribution in [0, 0.1) is 0 Å². The van der Waals surface area contributed by atoms with Gasteiger partial charge in [-0.05, 0) is 34.0 Å². The molecular weight excluding hydrogens is 323 g/mol. The molecule has 3 rings (SSSR count). The van der Waals surface area contributed by atoms with E-state index in [0.717, 1.165) is 12.1 Å². The van der Waals surface area contributed by atoms with E-state index < -0.39 is 11.7 Å². The highest BCUT2D eigenvalue weighted by Crippen LogP contribution is 2.29. The highest BCUT2D eigenvalue weighted by molar-refractivity contribution is 5.85. The molecule has 0 aliphatic heterocycles. The van der Waals surface area contributed by atoms with E-state index in [4.69, 9.17) is 0 Å². The minimum absolute atomic E-state index is 0.543. The van der Waals surface area contributed by atoms with E-state index in [-0.39, 0.29) is 0 Å². The fourth-order valence-corrected chi connectivity index (χ4v) is 2.75. The summed E-state index contributed by atoms with van der Waals surface area (Å²) < 4.78 is 38.1. The molecule has 1 N–H and O–H groups in total. The second-order valence-corrected chi connectivity index (χ2v) is 5.79. The molecule has 0 saturated carbocycles. The third-order valence-electron chi connectivity index (χ3n) is 3.98. The molecule has 0 aliphatic rings. The zero-order valence-electron chi connectivity index (χ0n) is 13.6. The Morgan fingerprint density at radius 1 is 0.880 bits per heavy atom. The van der Waals surface area contributed by atoms with Gasteiger partial charge in [-0.3, -0.25) is 0 Å². The Balaban J connectivity index is 1.59. The van der Waals surface area contributed by atoms with Crippen molar-refractivity contribution in [2.24, 2.45) is 0 Å². The summed E-state index contributed by atoms with van der Waals surface area (Å²) in [5, 5.41) is 5.70. The molecule has 0 bridgehead atoms. The van der Waals surface area contributed by atoms with Crippen LogP contribution in [0.2, 0.25) is 0 Å². The maximum Gasteiger partial charge on any atom is 0.416 e. The average molecular weight is 341 g/mol. The lowest BCUT2D eigenvalue weighted by Crippen LogP contribution is -2.13. The monoisotopic (exact) mass is 341 g/mol. The van der Waals surface area contributed by atoms with Crippen molar-refractivity contribution in [1.82, 2.24) is 5.32 Å². The maximum atomic E-state index is 12.7. The number of nitrogens with one attached hydrogen (secondary N) is 1. The molecule has 1 nitrogen and oxygen atoms in total. The van der Waals surface area contributed by atoms with E-state index >= 15 is 0 Å². The molecule has 0 saturated heterocycles. The lowest BCUT2D eigenvalue weighted by atomic mass is 10.0. The molecule has 4 heteroatoms. The van der Waals surface area contributed by atoms with Crippen molar-refractivity contribution in [1.29, 1.82) is 0 Å². The summed E-state index contributed by atoms with van der Waals surface area (Å²) in [6, 6.07) is 19.7. The van der Waals surface area contributed by atoms with Crippen LogP contribution in [-0.4, -0.2) is 6.54 Å². The first-order chi connectivity index (χ1) is 12.0. The van der Waals surface area contributed by atoms with Gasteiger partial charge in [-0.25, -0.2) is 0 Å². The first kappa shape index (κ1) is 17.2. The summed E-state index contributed by atoms with van der Waals surface area (Å²) in [6.07, 6.45) is -0.775. The Morgan fingerprint density at radius 3 is 2.48 bits per heavy atom. The van der Waals surface area contributed by atoms with Gasteiger partial charge in [-0.15, -0.1) is 0 Å². The Kier molecular flexibility index (Phi) is 5.19. The molecule has 0 spiro atoms. The minimum atomic E-state index is -4.31. The van der Waals surface area contributed by atoms with E-state index in [9.17, 15) is 13.2 Å². The van der Waals surface area contributed by atoms with Crippen molar-refractivity contribution in [3.63, 3.8) is 0 Å². The van der Waals surface area contributed by atoms with E-state index in [1.54, 1.807) is 12.1 Å². The SMILES string of the molecule is FC(F)(F)c1cccc(C=CCNCc2cccc3ccccc23)c1. The lowest BCUT2D eigenvalue weighted by molar-refractivity contribution is -0.137. The summed E-state index contributed by atoms with van der Waals surface area (Å²) in [5.41, 5.74) is 1.12. The molecule has 0 radical (unpaired) electrons. The largest absolute Gasteiger partial charge is 0.416 e. The van der Waals surface area contributed by atoms with Crippen LogP contribution in [0.25, 0.3) is 16.8 Å². The van der Waals surface area contributed by atoms with Gasteiger partial charge in [0.05, 0.1) is 5.56 Å². The van der Waals surface area contributed by atoms with Gasteiger partial charge < -0.3 is 5.32 Å². The van der Waals surface area contributed by atoms with Gasteiger partial charge >= 0.3 is 6.18 Å². The minimum Gasteiger partial charge on any atom is -0.309 e. The fourth-order valence-electron chi connectivity index (χ4n) is 2.75. The van der Waals surface area contributed by atoms with E-state index in [1.807, 2.05) is 24.3 Å². The molecule has 3 aromatic rings. The highest BCUT2D eigenvalue weighted by atomic mass is 19.4. The maximum absolute atomic E-state index is 12.7. The number of alkyl halides is 3. The van der Waals surface area contributed by atoms with Crippen LogP contribution in [0.15, 0.2) is 72.8 Å². The second-order valence-electron chi connectivity index (χ2n) is 5.79. The van der Waals surface area contributed by atoms with Gasteiger partial charge in [0.15, 0.2) is 0 Å². The van der Waals surface area contributed by atoms with Crippen molar-refractivity contribution in [2.75, 3.05) is 6.54 Å². The molecule has 0 aromatic heterocycles. The van der Waals surface area contributed by atoms with Crippen LogP contribution in [0.3, 0.4) is 0 Å². The second kappa shape index (κ2) is 7.53. The third kappa shape index (κ3) is 4.48. The Morgan fingerprint density at radius 2 is 1.64 bits per heavy atom. The van der Waals surface area contributed by atoms with Crippen molar-refractivity contribution in [3.05, 3.63) is 89.5 Å². The molecule has 0 heterocycles. The summed E-state index contributed by atoms with van der Waals surface area (Å²) >= 11 is 0. The molecule has 0 amide bonds. The summed E-state index contributed by atoms with van der Waals surface area (Å²) in [5.74, 6) is 0. The number of hydrogen-bond acceptors (Lipinski definition) is 1. The summed E-state index contributed by atoms with van der Waals surface area (Å²) in [6.45, 7) is 1.29. The van der Waals surface area contributed by atoms with Crippen molar-refractivity contribution in [2.45, 2.75) is 12.7 Å². The molecule has 25 heavy (non-hydrogen) atoms. The number of rotatable bonds is 5. The average Bonchev–Trinajstić information content (AvgIpc) is 2.61. The molecule has 0 unspecified atom stereocenters. The van der Waals surface area contributed by atoms with E-state index in [2.05, 4.69) is 29.6 Å². The van der Waals surface area contributed by atoms with Gasteiger partial charge in [0, 0.05) is 13.1 Å². The van der Waals surface area contributed by atoms with Crippen LogP contribution < -0.4 is 5.32 Å². The number of fused-ring (bicyclic) bond motifs is 1. The van der Waals surface area contributed by atoms with E-state index in [1.165, 1.54) is 22.4 Å². The molecule has 0 atom stereocenters. The number of halogens is 3. The predicted octanol–water partition coefficient (Wildman–Crippen LogP) is 5.66. The molecule has 0 fully saturated rings. The number of hydrogen-bond donors (Lipinski definition) is 1. The molecule has 0 aliphatic carbocycles. The Hall–Kier alpha value is -2.59. The molecular formula is C21H18F3N.